The van der Waals surface area contributed by atoms with E-state index in [4.69, 9.17) is 4.74 Å². The van der Waals surface area contributed by atoms with Crippen LogP contribution in [0.25, 0.3) is 0 Å². The summed E-state index contributed by atoms with van der Waals surface area (Å²) in [6, 6.07) is 10.9. The lowest BCUT2D eigenvalue weighted by atomic mass is 9.78. The Balaban J connectivity index is 0.00000208. The number of hydrogen-bond acceptors (Lipinski definition) is 3. The van der Waals surface area contributed by atoms with Crippen LogP contribution in [0.15, 0.2) is 30.3 Å². The van der Waals surface area contributed by atoms with Gasteiger partial charge in [-0.15, -0.1) is 12.4 Å². The Morgan fingerprint density at radius 2 is 1.96 bits per heavy atom. The fourth-order valence-corrected chi connectivity index (χ4v) is 4.28. The molecule has 0 bridgehead atoms. The van der Waals surface area contributed by atoms with Gasteiger partial charge in [-0.25, -0.2) is 0 Å². The molecule has 2 unspecified atom stereocenters. The zero-order chi connectivity index (χ0) is 16.3. The highest BCUT2D eigenvalue weighted by atomic mass is 35.5. The van der Waals surface area contributed by atoms with Crippen LogP contribution in [0.2, 0.25) is 0 Å². The Morgan fingerprint density at radius 1 is 1.29 bits per heavy atom. The number of nitrogens with one attached hydrogen (secondary N) is 1. The van der Waals surface area contributed by atoms with E-state index in [0.717, 1.165) is 38.9 Å². The van der Waals surface area contributed by atoms with Gasteiger partial charge in [-0.3, -0.25) is 4.79 Å². The summed E-state index contributed by atoms with van der Waals surface area (Å²) in [5, 5.41) is 3.36. The monoisotopic (exact) mass is 352 g/mol. The molecular formula is C19H29ClN2O2. The predicted molar refractivity (Wildman–Crippen MR) is 98.6 cm³/mol. The number of halogens is 1. The number of nitrogens with zero attached hydrogens (tertiary/aromatic N) is 1. The first-order chi connectivity index (χ1) is 11.2. The molecule has 2 atom stereocenters. The van der Waals surface area contributed by atoms with Crippen molar-refractivity contribution in [1.29, 1.82) is 0 Å². The van der Waals surface area contributed by atoms with Gasteiger partial charge >= 0.3 is 0 Å². The van der Waals surface area contributed by atoms with Crippen molar-refractivity contribution in [2.24, 2.45) is 5.41 Å². The first-order valence-electron chi connectivity index (χ1n) is 8.74. The number of methoxy groups -OCH3 is 1. The number of benzene rings is 1. The highest BCUT2D eigenvalue weighted by molar-refractivity contribution is 5.85. The van der Waals surface area contributed by atoms with Crippen molar-refractivity contribution in [1.82, 2.24) is 10.2 Å². The number of carbonyl (C=O) groups is 1. The van der Waals surface area contributed by atoms with Gasteiger partial charge in [0, 0.05) is 25.6 Å². The molecule has 2 heterocycles. The van der Waals surface area contributed by atoms with Gasteiger partial charge in [0.25, 0.3) is 0 Å². The summed E-state index contributed by atoms with van der Waals surface area (Å²) in [7, 11) is 1.71. The number of likely N-dealkylation sites (tertiary alicyclic amines) is 1. The maximum Gasteiger partial charge on any atom is 0.231 e. The van der Waals surface area contributed by atoms with E-state index in [1.165, 1.54) is 5.56 Å². The summed E-state index contributed by atoms with van der Waals surface area (Å²) in [6.45, 7) is 5.40. The zero-order valence-corrected chi connectivity index (χ0v) is 15.5. The lowest BCUT2D eigenvalue weighted by molar-refractivity contribution is -0.148. The summed E-state index contributed by atoms with van der Waals surface area (Å²) in [5.74, 6) is 0.744. The maximum absolute atomic E-state index is 13.3. The van der Waals surface area contributed by atoms with Gasteiger partial charge in [0.15, 0.2) is 0 Å². The molecule has 0 aliphatic carbocycles. The van der Waals surface area contributed by atoms with Crippen LogP contribution >= 0.6 is 12.4 Å². The minimum absolute atomic E-state index is 0. The highest BCUT2D eigenvalue weighted by Gasteiger charge is 2.46. The van der Waals surface area contributed by atoms with E-state index in [1.54, 1.807) is 7.11 Å². The highest BCUT2D eigenvalue weighted by Crippen LogP contribution is 2.39. The third-order valence-corrected chi connectivity index (χ3v) is 5.68. The molecule has 2 aliphatic heterocycles. The van der Waals surface area contributed by atoms with Crippen LogP contribution < -0.4 is 5.32 Å². The molecule has 0 saturated carbocycles. The van der Waals surface area contributed by atoms with E-state index in [1.807, 2.05) is 0 Å². The van der Waals surface area contributed by atoms with Crippen LogP contribution in [0, 0.1) is 5.41 Å². The summed E-state index contributed by atoms with van der Waals surface area (Å²) >= 11 is 0. The molecule has 0 radical (unpaired) electrons. The predicted octanol–water partition coefficient (Wildman–Crippen LogP) is 2.83. The van der Waals surface area contributed by atoms with E-state index in [2.05, 4.69) is 47.5 Å². The van der Waals surface area contributed by atoms with Crippen molar-refractivity contribution < 1.29 is 9.53 Å². The number of ether oxygens (including phenoxy) is 1. The fourth-order valence-electron chi connectivity index (χ4n) is 4.28. The maximum atomic E-state index is 13.3. The van der Waals surface area contributed by atoms with E-state index in [-0.39, 0.29) is 23.9 Å². The minimum atomic E-state index is -0.333. The molecule has 0 aromatic heterocycles. The average Bonchev–Trinajstić information content (AvgIpc) is 2.97. The Morgan fingerprint density at radius 3 is 2.58 bits per heavy atom. The van der Waals surface area contributed by atoms with Crippen molar-refractivity contribution in [2.45, 2.75) is 38.1 Å². The summed E-state index contributed by atoms with van der Waals surface area (Å²) in [5.41, 5.74) is 1.02. The van der Waals surface area contributed by atoms with Crippen LogP contribution in [0.1, 0.15) is 37.7 Å². The molecule has 0 spiro atoms. The van der Waals surface area contributed by atoms with Crippen molar-refractivity contribution in [3.05, 3.63) is 35.9 Å². The van der Waals surface area contributed by atoms with Crippen LogP contribution in [-0.2, 0) is 9.53 Å². The quantitative estimate of drug-likeness (QED) is 0.906. The SMILES string of the molecule is COCC1(C(=O)N2CCC(c3ccccc3)C2C)CCNCC1.Cl. The molecule has 24 heavy (non-hydrogen) atoms. The normalized spacial score (nSPS) is 26.0. The Hall–Kier alpha value is -1.10. The second kappa shape index (κ2) is 8.32. The second-order valence-corrected chi connectivity index (χ2v) is 7.01. The molecule has 1 aromatic carbocycles. The fraction of sp³-hybridized carbons (Fsp3) is 0.632. The second-order valence-electron chi connectivity index (χ2n) is 7.01. The minimum Gasteiger partial charge on any atom is -0.384 e. The number of amides is 1. The number of piperidine rings is 1. The molecule has 1 amide bonds. The van der Waals surface area contributed by atoms with Gasteiger partial charge in [0.2, 0.25) is 5.91 Å². The largest absolute Gasteiger partial charge is 0.384 e. The number of carbonyl (C=O) groups excluding carboxylic acids is 1. The molecule has 1 N–H and O–H groups in total. The molecule has 5 heteroatoms. The lowest BCUT2D eigenvalue weighted by Crippen LogP contribution is -2.52. The Kier molecular flexibility index (Phi) is 6.67. The summed E-state index contributed by atoms with van der Waals surface area (Å²) in [6.07, 6.45) is 2.80. The third kappa shape index (κ3) is 3.61. The Labute approximate surface area is 151 Å². The van der Waals surface area contributed by atoms with Gasteiger partial charge in [-0.1, -0.05) is 30.3 Å². The van der Waals surface area contributed by atoms with Crippen molar-refractivity contribution in [3.63, 3.8) is 0 Å². The van der Waals surface area contributed by atoms with Crippen LogP contribution in [0.5, 0.6) is 0 Å². The van der Waals surface area contributed by atoms with Crippen molar-refractivity contribution in [2.75, 3.05) is 33.4 Å². The molecule has 3 rings (SSSR count). The van der Waals surface area contributed by atoms with Gasteiger partial charge in [0.05, 0.1) is 12.0 Å². The van der Waals surface area contributed by atoms with E-state index in [9.17, 15) is 4.79 Å². The molecular weight excluding hydrogens is 324 g/mol. The molecule has 2 fully saturated rings. The number of rotatable bonds is 4. The standard InChI is InChI=1S/C19H28N2O2.ClH/c1-15-17(16-6-4-3-5-7-16)8-13-21(15)18(22)19(14-23-2)9-11-20-12-10-19;/h3-7,15,17,20H,8-14H2,1-2H3;1H. The van der Waals surface area contributed by atoms with Crippen molar-refractivity contribution >= 4 is 18.3 Å². The Bertz CT molecular complexity index is 526. The topological polar surface area (TPSA) is 41.6 Å². The molecule has 2 aliphatic rings. The van der Waals surface area contributed by atoms with E-state index >= 15 is 0 Å². The van der Waals surface area contributed by atoms with Crippen molar-refractivity contribution in [3.8, 4) is 0 Å². The molecule has 134 valence electrons. The van der Waals surface area contributed by atoms with Crippen LogP contribution in [-0.4, -0.2) is 50.2 Å². The third-order valence-electron chi connectivity index (χ3n) is 5.68. The first kappa shape index (κ1) is 19.2. The summed E-state index contributed by atoms with van der Waals surface area (Å²) in [4.78, 5) is 15.4. The average molecular weight is 353 g/mol. The van der Waals surface area contributed by atoms with Gasteiger partial charge in [0.1, 0.15) is 0 Å². The molecule has 4 nitrogen and oxygen atoms in total. The van der Waals surface area contributed by atoms with Gasteiger partial charge < -0.3 is 15.0 Å². The van der Waals surface area contributed by atoms with Gasteiger partial charge in [-0.05, 0) is 44.8 Å². The molecule has 2 saturated heterocycles. The molecule has 1 aromatic rings. The van der Waals surface area contributed by atoms with E-state index < -0.39 is 0 Å². The van der Waals surface area contributed by atoms with Crippen LogP contribution in [0.4, 0.5) is 0 Å². The lowest BCUT2D eigenvalue weighted by Gasteiger charge is -2.40. The smallest absolute Gasteiger partial charge is 0.231 e. The van der Waals surface area contributed by atoms with Gasteiger partial charge in [-0.2, -0.15) is 0 Å². The zero-order valence-electron chi connectivity index (χ0n) is 14.7. The van der Waals surface area contributed by atoms with Crippen LogP contribution in [0.3, 0.4) is 0 Å². The first-order valence-corrected chi connectivity index (χ1v) is 8.74. The van der Waals surface area contributed by atoms with E-state index in [0.29, 0.717) is 18.4 Å². The number of hydrogen-bond donors (Lipinski definition) is 1. The summed E-state index contributed by atoms with van der Waals surface area (Å²) < 4.78 is 5.44.